The smallest absolute Gasteiger partial charge is 0.228 e. The van der Waals surface area contributed by atoms with Crippen LogP contribution in [0.2, 0.25) is 0 Å². The van der Waals surface area contributed by atoms with Crippen LogP contribution in [0, 0.1) is 0 Å². The fraction of sp³-hybridized carbons (Fsp3) is 0.462. The minimum absolute atomic E-state index is 0.208. The number of ether oxygens (including phenoxy) is 1. The molecular formula is C13H17NO2. The van der Waals surface area contributed by atoms with Crippen molar-refractivity contribution in [3.8, 4) is 5.75 Å². The molecule has 1 aromatic rings. The first-order valence-corrected chi connectivity index (χ1v) is 5.84. The Kier molecular flexibility index (Phi) is 3.44. The topological polar surface area (TPSA) is 29.5 Å². The molecule has 1 amide bonds. The van der Waals surface area contributed by atoms with Crippen LogP contribution in [0.5, 0.6) is 5.75 Å². The number of rotatable bonds is 5. The predicted octanol–water partition coefficient (Wildman–Crippen LogP) is 2.60. The van der Waals surface area contributed by atoms with E-state index in [1.54, 1.807) is 4.90 Å². The molecule has 0 aliphatic carbocycles. The maximum Gasteiger partial charge on any atom is 0.228 e. The summed E-state index contributed by atoms with van der Waals surface area (Å²) in [6, 6.07) is 7.74. The highest BCUT2D eigenvalue weighted by Crippen LogP contribution is 2.24. The molecule has 0 bridgehead atoms. The maximum absolute atomic E-state index is 11.2. The van der Waals surface area contributed by atoms with E-state index in [-0.39, 0.29) is 5.91 Å². The van der Waals surface area contributed by atoms with Gasteiger partial charge in [0.2, 0.25) is 5.91 Å². The van der Waals surface area contributed by atoms with Crippen LogP contribution in [0.4, 0.5) is 5.69 Å². The quantitative estimate of drug-likeness (QED) is 0.562. The number of unbranched alkanes of at least 4 members (excludes halogenated alkanes) is 1. The van der Waals surface area contributed by atoms with Gasteiger partial charge in [0.25, 0.3) is 0 Å². The molecule has 0 aromatic heterocycles. The van der Waals surface area contributed by atoms with E-state index in [0.717, 1.165) is 37.4 Å². The van der Waals surface area contributed by atoms with Crippen molar-refractivity contribution in [3.63, 3.8) is 0 Å². The zero-order valence-electron chi connectivity index (χ0n) is 9.61. The molecule has 0 radical (unpaired) electrons. The molecule has 1 aliphatic rings. The van der Waals surface area contributed by atoms with Crippen LogP contribution in [-0.2, 0) is 4.79 Å². The number of benzene rings is 1. The van der Waals surface area contributed by atoms with Crippen LogP contribution in [0.1, 0.15) is 26.2 Å². The summed E-state index contributed by atoms with van der Waals surface area (Å²) < 4.78 is 5.56. The lowest BCUT2D eigenvalue weighted by Gasteiger charge is -2.30. The standard InChI is InChI=1S/C13H17NO2/c1-2-3-10-16-12-6-4-11(5-7-12)14-9-8-13(14)15/h4-7H,2-3,8-10H2,1H3. The normalized spacial score (nSPS) is 14.8. The van der Waals surface area contributed by atoms with Crippen LogP contribution in [0.3, 0.4) is 0 Å². The van der Waals surface area contributed by atoms with E-state index in [0.29, 0.717) is 6.42 Å². The summed E-state index contributed by atoms with van der Waals surface area (Å²) in [5.74, 6) is 1.09. The van der Waals surface area contributed by atoms with E-state index >= 15 is 0 Å². The Hall–Kier alpha value is -1.51. The summed E-state index contributed by atoms with van der Waals surface area (Å²) in [5, 5.41) is 0. The largest absolute Gasteiger partial charge is 0.494 e. The van der Waals surface area contributed by atoms with Gasteiger partial charge >= 0.3 is 0 Å². The molecule has 0 atom stereocenters. The van der Waals surface area contributed by atoms with Crippen molar-refractivity contribution in [3.05, 3.63) is 24.3 Å². The van der Waals surface area contributed by atoms with Crippen molar-refractivity contribution in [2.45, 2.75) is 26.2 Å². The van der Waals surface area contributed by atoms with Gasteiger partial charge in [0, 0.05) is 18.7 Å². The highest BCUT2D eigenvalue weighted by atomic mass is 16.5. The van der Waals surface area contributed by atoms with Gasteiger partial charge in [-0.2, -0.15) is 0 Å². The second-order valence-corrected chi connectivity index (χ2v) is 3.99. The molecule has 1 heterocycles. The number of β-lactam (4-membered cyclic amide) rings is 1. The molecule has 1 aromatic carbocycles. The van der Waals surface area contributed by atoms with Crippen molar-refractivity contribution in [2.24, 2.45) is 0 Å². The second kappa shape index (κ2) is 5.01. The number of amides is 1. The van der Waals surface area contributed by atoms with Gasteiger partial charge in [0.1, 0.15) is 5.75 Å². The molecule has 0 spiro atoms. The van der Waals surface area contributed by atoms with Crippen molar-refractivity contribution in [1.29, 1.82) is 0 Å². The maximum atomic E-state index is 11.2. The number of hydrogen-bond acceptors (Lipinski definition) is 2. The Morgan fingerprint density at radius 2 is 2.06 bits per heavy atom. The zero-order chi connectivity index (χ0) is 11.4. The van der Waals surface area contributed by atoms with Crippen molar-refractivity contribution in [1.82, 2.24) is 0 Å². The van der Waals surface area contributed by atoms with Crippen molar-refractivity contribution < 1.29 is 9.53 Å². The van der Waals surface area contributed by atoms with Gasteiger partial charge in [0.05, 0.1) is 6.61 Å². The third-order valence-electron chi connectivity index (χ3n) is 2.77. The van der Waals surface area contributed by atoms with Gasteiger partial charge in [-0.05, 0) is 30.7 Å². The predicted molar refractivity (Wildman–Crippen MR) is 63.8 cm³/mol. The number of hydrogen-bond donors (Lipinski definition) is 0. The lowest BCUT2D eigenvalue weighted by Crippen LogP contribution is -2.43. The fourth-order valence-electron chi connectivity index (χ4n) is 1.64. The Morgan fingerprint density at radius 1 is 1.31 bits per heavy atom. The van der Waals surface area contributed by atoms with Gasteiger partial charge < -0.3 is 9.64 Å². The summed E-state index contributed by atoms with van der Waals surface area (Å²) >= 11 is 0. The summed E-state index contributed by atoms with van der Waals surface area (Å²) in [4.78, 5) is 13.0. The fourth-order valence-corrected chi connectivity index (χ4v) is 1.64. The molecular weight excluding hydrogens is 202 g/mol. The van der Waals surface area contributed by atoms with E-state index in [1.807, 2.05) is 24.3 Å². The van der Waals surface area contributed by atoms with Crippen LogP contribution < -0.4 is 9.64 Å². The molecule has 1 fully saturated rings. The first kappa shape index (κ1) is 11.0. The summed E-state index contributed by atoms with van der Waals surface area (Å²) in [6.45, 7) is 3.75. The van der Waals surface area contributed by atoms with Gasteiger partial charge in [-0.1, -0.05) is 13.3 Å². The Labute approximate surface area is 96.0 Å². The number of nitrogens with zero attached hydrogens (tertiary/aromatic N) is 1. The Balaban J connectivity index is 1.91. The summed E-state index contributed by atoms with van der Waals surface area (Å²) in [5.41, 5.74) is 0.971. The molecule has 1 saturated heterocycles. The van der Waals surface area contributed by atoms with E-state index in [2.05, 4.69) is 6.92 Å². The minimum Gasteiger partial charge on any atom is -0.494 e. The number of anilines is 1. The third kappa shape index (κ3) is 2.35. The molecule has 1 aliphatic heterocycles. The molecule has 2 rings (SSSR count). The molecule has 0 N–H and O–H groups in total. The monoisotopic (exact) mass is 219 g/mol. The average molecular weight is 219 g/mol. The Bertz CT molecular complexity index is 359. The highest BCUT2D eigenvalue weighted by molar-refractivity contribution is 5.99. The third-order valence-corrected chi connectivity index (χ3v) is 2.77. The minimum atomic E-state index is 0.208. The first-order chi connectivity index (χ1) is 7.81. The molecule has 0 unspecified atom stereocenters. The average Bonchev–Trinajstić information content (AvgIpc) is 2.30. The summed E-state index contributed by atoms with van der Waals surface area (Å²) in [7, 11) is 0. The lowest BCUT2D eigenvalue weighted by atomic mass is 10.1. The van der Waals surface area contributed by atoms with E-state index < -0.39 is 0 Å². The Morgan fingerprint density at radius 3 is 2.56 bits per heavy atom. The number of carbonyl (C=O) groups is 1. The van der Waals surface area contributed by atoms with E-state index in [4.69, 9.17) is 4.74 Å². The summed E-state index contributed by atoms with van der Waals surface area (Å²) in [6.07, 6.45) is 2.89. The molecule has 0 saturated carbocycles. The van der Waals surface area contributed by atoms with Gasteiger partial charge in [-0.15, -0.1) is 0 Å². The van der Waals surface area contributed by atoms with Gasteiger partial charge in [-0.25, -0.2) is 0 Å². The van der Waals surface area contributed by atoms with Gasteiger partial charge in [-0.3, -0.25) is 4.79 Å². The molecule has 86 valence electrons. The van der Waals surface area contributed by atoms with Crippen LogP contribution >= 0.6 is 0 Å². The molecule has 3 nitrogen and oxygen atoms in total. The van der Waals surface area contributed by atoms with E-state index in [1.165, 1.54) is 0 Å². The second-order valence-electron chi connectivity index (χ2n) is 3.99. The zero-order valence-corrected chi connectivity index (χ0v) is 9.61. The highest BCUT2D eigenvalue weighted by Gasteiger charge is 2.24. The van der Waals surface area contributed by atoms with Crippen LogP contribution in [-0.4, -0.2) is 19.1 Å². The number of carbonyl (C=O) groups excluding carboxylic acids is 1. The van der Waals surface area contributed by atoms with Crippen molar-refractivity contribution >= 4 is 11.6 Å². The van der Waals surface area contributed by atoms with Crippen LogP contribution in [0.25, 0.3) is 0 Å². The molecule has 3 heteroatoms. The van der Waals surface area contributed by atoms with Crippen molar-refractivity contribution in [2.75, 3.05) is 18.1 Å². The van der Waals surface area contributed by atoms with Crippen LogP contribution in [0.15, 0.2) is 24.3 Å². The SMILES string of the molecule is CCCCOc1ccc(N2CCC2=O)cc1. The first-order valence-electron chi connectivity index (χ1n) is 5.84. The van der Waals surface area contributed by atoms with Gasteiger partial charge in [0.15, 0.2) is 0 Å². The molecule has 16 heavy (non-hydrogen) atoms. The van der Waals surface area contributed by atoms with E-state index in [9.17, 15) is 4.79 Å². The lowest BCUT2D eigenvalue weighted by molar-refractivity contribution is -0.122.